The number of thiophene rings is 1. The second-order valence-corrected chi connectivity index (χ2v) is 6.51. The second kappa shape index (κ2) is 5.90. The summed E-state index contributed by atoms with van der Waals surface area (Å²) in [4.78, 5) is 6.52. The maximum absolute atomic E-state index is 5.95. The number of benzene rings is 1. The maximum atomic E-state index is 5.95. The van der Waals surface area contributed by atoms with E-state index in [9.17, 15) is 0 Å². The van der Waals surface area contributed by atoms with Crippen molar-refractivity contribution in [1.82, 2.24) is 4.90 Å². The smallest absolute Gasteiger partial charge is 0.191 e. The molecule has 3 rings (SSSR count). The van der Waals surface area contributed by atoms with Crippen LogP contribution in [0.2, 0.25) is 0 Å². The first-order chi connectivity index (χ1) is 10.1. The SMILES string of the molecule is CN(C)C(N)=NC1CCc2c(cccc2-c2ccsc2)C1. The monoisotopic (exact) mass is 299 g/mol. The Morgan fingerprint density at radius 2 is 2.19 bits per heavy atom. The first-order valence-corrected chi connectivity index (χ1v) is 8.23. The number of guanidine groups is 1. The first-order valence-electron chi connectivity index (χ1n) is 7.29. The standard InChI is InChI=1S/C17H21N3S/c1-20(2)17(18)19-14-6-7-16-12(10-14)4-3-5-15(16)13-8-9-21-11-13/h3-5,8-9,11,14H,6-7,10H2,1-2H3,(H2,18,19). The predicted octanol–water partition coefficient (Wildman–Crippen LogP) is 3.15. The van der Waals surface area contributed by atoms with Gasteiger partial charge >= 0.3 is 0 Å². The average molecular weight is 299 g/mol. The fourth-order valence-electron chi connectivity index (χ4n) is 2.89. The molecule has 0 radical (unpaired) electrons. The molecule has 1 unspecified atom stereocenters. The Hall–Kier alpha value is -1.81. The first kappa shape index (κ1) is 14.1. The number of nitrogens with two attached hydrogens (primary N) is 1. The van der Waals surface area contributed by atoms with Crippen molar-refractivity contribution >= 4 is 17.3 Å². The van der Waals surface area contributed by atoms with Crippen LogP contribution in [-0.4, -0.2) is 31.0 Å². The minimum absolute atomic E-state index is 0.303. The summed E-state index contributed by atoms with van der Waals surface area (Å²) in [6.07, 6.45) is 3.14. The molecule has 1 aromatic heterocycles. The van der Waals surface area contributed by atoms with E-state index in [0.717, 1.165) is 19.3 Å². The summed E-state index contributed by atoms with van der Waals surface area (Å²) in [5.74, 6) is 0.623. The van der Waals surface area contributed by atoms with Gasteiger partial charge in [-0.25, -0.2) is 4.99 Å². The molecule has 1 aliphatic carbocycles. The van der Waals surface area contributed by atoms with Gasteiger partial charge < -0.3 is 10.6 Å². The molecular weight excluding hydrogens is 278 g/mol. The van der Waals surface area contributed by atoms with Crippen LogP contribution in [0, 0.1) is 0 Å². The Morgan fingerprint density at radius 1 is 1.33 bits per heavy atom. The summed E-state index contributed by atoms with van der Waals surface area (Å²) in [6.45, 7) is 0. The van der Waals surface area contributed by atoms with Crippen molar-refractivity contribution in [2.75, 3.05) is 14.1 Å². The molecule has 1 heterocycles. The highest BCUT2D eigenvalue weighted by atomic mass is 32.1. The van der Waals surface area contributed by atoms with Crippen molar-refractivity contribution in [2.24, 2.45) is 10.7 Å². The topological polar surface area (TPSA) is 41.6 Å². The van der Waals surface area contributed by atoms with Crippen molar-refractivity contribution in [3.8, 4) is 11.1 Å². The molecule has 110 valence electrons. The average Bonchev–Trinajstić information content (AvgIpc) is 3.00. The summed E-state index contributed by atoms with van der Waals surface area (Å²) in [6, 6.07) is 9.14. The van der Waals surface area contributed by atoms with Gasteiger partial charge in [0.2, 0.25) is 0 Å². The molecule has 0 spiro atoms. The Labute approximate surface area is 130 Å². The number of hydrogen-bond donors (Lipinski definition) is 1. The van der Waals surface area contributed by atoms with Crippen LogP contribution in [-0.2, 0) is 12.8 Å². The fourth-order valence-corrected chi connectivity index (χ4v) is 3.54. The Kier molecular flexibility index (Phi) is 3.97. The van der Waals surface area contributed by atoms with Crippen molar-refractivity contribution in [2.45, 2.75) is 25.3 Å². The van der Waals surface area contributed by atoms with Gasteiger partial charge in [0.25, 0.3) is 0 Å². The summed E-state index contributed by atoms with van der Waals surface area (Å²) in [5.41, 5.74) is 11.6. The lowest BCUT2D eigenvalue weighted by Crippen LogP contribution is -2.33. The van der Waals surface area contributed by atoms with Gasteiger partial charge in [0.1, 0.15) is 0 Å². The third-order valence-electron chi connectivity index (χ3n) is 4.06. The molecule has 1 aliphatic rings. The molecule has 1 atom stereocenters. The molecule has 4 heteroatoms. The number of nitrogens with zero attached hydrogens (tertiary/aromatic N) is 2. The van der Waals surface area contributed by atoms with E-state index >= 15 is 0 Å². The van der Waals surface area contributed by atoms with Crippen LogP contribution < -0.4 is 5.73 Å². The van der Waals surface area contributed by atoms with E-state index in [1.165, 1.54) is 22.3 Å². The van der Waals surface area contributed by atoms with Gasteiger partial charge in [-0.15, -0.1) is 0 Å². The number of fused-ring (bicyclic) bond motifs is 1. The molecule has 0 saturated carbocycles. The summed E-state index contributed by atoms with van der Waals surface area (Å²) in [7, 11) is 3.87. The highest BCUT2D eigenvalue weighted by Crippen LogP contribution is 2.33. The summed E-state index contributed by atoms with van der Waals surface area (Å²) >= 11 is 1.75. The Bertz CT molecular complexity index is 644. The van der Waals surface area contributed by atoms with Crippen LogP contribution in [0.3, 0.4) is 0 Å². The predicted molar refractivity (Wildman–Crippen MR) is 90.9 cm³/mol. The zero-order valence-electron chi connectivity index (χ0n) is 12.5. The fraction of sp³-hybridized carbons (Fsp3) is 0.353. The lowest BCUT2D eigenvalue weighted by Gasteiger charge is -2.25. The van der Waals surface area contributed by atoms with Gasteiger partial charge in [-0.1, -0.05) is 18.2 Å². The molecule has 21 heavy (non-hydrogen) atoms. The number of rotatable bonds is 2. The largest absolute Gasteiger partial charge is 0.370 e. The maximum Gasteiger partial charge on any atom is 0.191 e. The number of hydrogen-bond acceptors (Lipinski definition) is 2. The zero-order chi connectivity index (χ0) is 14.8. The molecule has 1 aromatic carbocycles. The van der Waals surface area contributed by atoms with Crippen LogP contribution in [0.25, 0.3) is 11.1 Å². The third-order valence-corrected chi connectivity index (χ3v) is 4.74. The van der Waals surface area contributed by atoms with E-state index in [2.05, 4.69) is 40.0 Å². The van der Waals surface area contributed by atoms with Crippen molar-refractivity contribution < 1.29 is 0 Å². The quantitative estimate of drug-likeness (QED) is 0.683. The Morgan fingerprint density at radius 3 is 2.90 bits per heavy atom. The van der Waals surface area contributed by atoms with Crippen LogP contribution in [0.5, 0.6) is 0 Å². The molecule has 0 bridgehead atoms. The van der Waals surface area contributed by atoms with E-state index in [0.29, 0.717) is 12.0 Å². The molecule has 2 aromatic rings. The number of aliphatic imine (C=N–C) groups is 1. The van der Waals surface area contributed by atoms with Crippen LogP contribution in [0.4, 0.5) is 0 Å². The summed E-state index contributed by atoms with van der Waals surface area (Å²) < 4.78 is 0. The molecule has 3 nitrogen and oxygen atoms in total. The van der Waals surface area contributed by atoms with Crippen molar-refractivity contribution in [3.05, 3.63) is 46.2 Å². The Balaban J connectivity index is 1.88. The van der Waals surface area contributed by atoms with Crippen molar-refractivity contribution in [3.63, 3.8) is 0 Å². The van der Waals surface area contributed by atoms with E-state index in [1.54, 1.807) is 11.3 Å². The minimum Gasteiger partial charge on any atom is -0.370 e. The van der Waals surface area contributed by atoms with Gasteiger partial charge in [0, 0.05) is 14.1 Å². The molecule has 2 N–H and O–H groups in total. The normalized spacial score (nSPS) is 18.4. The van der Waals surface area contributed by atoms with Crippen LogP contribution in [0.1, 0.15) is 17.5 Å². The van der Waals surface area contributed by atoms with Gasteiger partial charge in [-0.2, -0.15) is 11.3 Å². The molecule has 0 fully saturated rings. The van der Waals surface area contributed by atoms with Crippen molar-refractivity contribution in [1.29, 1.82) is 0 Å². The van der Waals surface area contributed by atoms with E-state index in [4.69, 9.17) is 5.73 Å². The molecule has 0 aliphatic heterocycles. The van der Waals surface area contributed by atoms with Crippen LogP contribution in [0.15, 0.2) is 40.0 Å². The van der Waals surface area contributed by atoms with Gasteiger partial charge in [0.05, 0.1) is 6.04 Å². The van der Waals surface area contributed by atoms with E-state index < -0.39 is 0 Å². The second-order valence-electron chi connectivity index (χ2n) is 5.73. The molecular formula is C17H21N3S. The third kappa shape index (κ3) is 2.95. The lowest BCUT2D eigenvalue weighted by atomic mass is 9.84. The van der Waals surface area contributed by atoms with Gasteiger partial charge in [-0.05, 0) is 58.3 Å². The van der Waals surface area contributed by atoms with Gasteiger partial charge in [0.15, 0.2) is 5.96 Å². The van der Waals surface area contributed by atoms with E-state index in [-0.39, 0.29) is 0 Å². The molecule has 0 saturated heterocycles. The molecule has 0 amide bonds. The zero-order valence-corrected chi connectivity index (χ0v) is 13.4. The lowest BCUT2D eigenvalue weighted by molar-refractivity contribution is 0.549. The highest BCUT2D eigenvalue weighted by molar-refractivity contribution is 7.08. The summed E-state index contributed by atoms with van der Waals surface area (Å²) in [5, 5.41) is 4.37. The van der Waals surface area contributed by atoms with Gasteiger partial charge in [-0.3, -0.25) is 0 Å². The highest BCUT2D eigenvalue weighted by Gasteiger charge is 2.21. The minimum atomic E-state index is 0.303. The van der Waals surface area contributed by atoms with Crippen LogP contribution >= 0.6 is 11.3 Å². The van der Waals surface area contributed by atoms with E-state index in [1.807, 2.05) is 19.0 Å².